The van der Waals surface area contributed by atoms with Crippen molar-refractivity contribution in [3.63, 3.8) is 0 Å². The van der Waals surface area contributed by atoms with Gasteiger partial charge in [-0.3, -0.25) is 9.59 Å². The fourth-order valence-electron chi connectivity index (χ4n) is 2.41. The molecule has 1 N–H and O–H groups in total. The van der Waals surface area contributed by atoms with Crippen molar-refractivity contribution in [1.82, 2.24) is 14.9 Å². The molecule has 0 aliphatic carbocycles. The van der Waals surface area contributed by atoms with E-state index in [0.717, 1.165) is 11.3 Å². The van der Waals surface area contributed by atoms with E-state index in [1.807, 2.05) is 60.7 Å². The summed E-state index contributed by atoms with van der Waals surface area (Å²) in [4.78, 5) is 29.4. The van der Waals surface area contributed by atoms with Crippen molar-refractivity contribution in [2.24, 2.45) is 0 Å². The first-order chi connectivity index (χ1) is 12.7. The van der Waals surface area contributed by atoms with Gasteiger partial charge in [-0.2, -0.15) is 0 Å². The number of nitrogens with one attached hydrogen (secondary N) is 1. The lowest BCUT2D eigenvalue weighted by Crippen LogP contribution is -2.33. The molecule has 132 valence electrons. The van der Waals surface area contributed by atoms with Gasteiger partial charge >= 0.3 is 0 Å². The average Bonchev–Trinajstić information content (AvgIpc) is 2.68. The van der Waals surface area contributed by atoms with Crippen LogP contribution in [0.5, 0.6) is 0 Å². The molecule has 0 bridgehead atoms. The predicted molar refractivity (Wildman–Crippen MR) is 104 cm³/mol. The number of hydrogen-bond acceptors (Lipinski definition) is 4. The zero-order valence-electron chi connectivity index (χ0n) is 14.2. The summed E-state index contributed by atoms with van der Waals surface area (Å²) in [6.45, 7) is 0.529. The Morgan fingerprint density at radius 2 is 1.73 bits per heavy atom. The molecule has 26 heavy (non-hydrogen) atoms. The molecule has 0 radical (unpaired) electrons. The van der Waals surface area contributed by atoms with Crippen molar-refractivity contribution in [2.75, 3.05) is 12.3 Å². The molecular formula is C20H19N3O2S. The molecule has 0 unspecified atom stereocenters. The highest BCUT2D eigenvalue weighted by Crippen LogP contribution is 2.16. The number of nitrogens with zero attached hydrogens (tertiary/aromatic N) is 2. The maximum absolute atomic E-state index is 12.1. The quantitative estimate of drug-likeness (QED) is 0.517. The Morgan fingerprint density at radius 1 is 1.04 bits per heavy atom. The summed E-state index contributed by atoms with van der Waals surface area (Å²) in [5, 5.41) is 2.85. The van der Waals surface area contributed by atoms with E-state index in [-0.39, 0.29) is 18.0 Å². The maximum atomic E-state index is 12.1. The minimum Gasteiger partial charge on any atom is -0.354 e. The zero-order valence-corrected chi connectivity index (χ0v) is 15.0. The van der Waals surface area contributed by atoms with Gasteiger partial charge in [-0.05, 0) is 12.1 Å². The first kappa shape index (κ1) is 17.9. The summed E-state index contributed by atoms with van der Waals surface area (Å²) in [5.74, 6) is 0.585. The Kier molecular flexibility index (Phi) is 6.22. The number of aromatic nitrogens is 2. The highest BCUT2D eigenvalue weighted by atomic mass is 32.2. The van der Waals surface area contributed by atoms with Crippen molar-refractivity contribution in [3.8, 4) is 11.3 Å². The Morgan fingerprint density at radius 3 is 2.46 bits per heavy atom. The van der Waals surface area contributed by atoms with Gasteiger partial charge in [-0.25, -0.2) is 4.98 Å². The molecule has 0 fully saturated rings. The fourth-order valence-corrected chi connectivity index (χ4v) is 3.20. The lowest BCUT2D eigenvalue weighted by atomic mass is 10.2. The van der Waals surface area contributed by atoms with E-state index >= 15 is 0 Å². The number of amides is 1. The summed E-state index contributed by atoms with van der Waals surface area (Å²) >= 11 is 1.68. The van der Waals surface area contributed by atoms with Crippen molar-refractivity contribution in [2.45, 2.75) is 11.4 Å². The SMILES string of the molecule is O=C(Cn1cc(-c2ccccc2)ncc1=O)NCCSc1ccccc1. The first-order valence-corrected chi connectivity index (χ1v) is 9.27. The number of hydrogen-bond donors (Lipinski definition) is 1. The molecule has 0 spiro atoms. The Hall–Kier alpha value is -2.86. The second-order valence-electron chi connectivity index (χ2n) is 5.62. The van der Waals surface area contributed by atoms with E-state index < -0.39 is 0 Å². The van der Waals surface area contributed by atoms with Crippen LogP contribution in [0.1, 0.15) is 0 Å². The van der Waals surface area contributed by atoms with Crippen LogP contribution in [0.2, 0.25) is 0 Å². The van der Waals surface area contributed by atoms with Crippen molar-refractivity contribution < 1.29 is 4.79 Å². The summed E-state index contributed by atoms with van der Waals surface area (Å²) < 4.78 is 1.38. The van der Waals surface area contributed by atoms with Gasteiger partial charge in [0.25, 0.3) is 5.56 Å². The second kappa shape index (κ2) is 9.01. The largest absolute Gasteiger partial charge is 0.354 e. The molecule has 1 aromatic heterocycles. The molecule has 2 aromatic carbocycles. The van der Waals surface area contributed by atoms with Gasteiger partial charge in [0.1, 0.15) is 6.54 Å². The second-order valence-corrected chi connectivity index (χ2v) is 6.78. The van der Waals surface area contributed by atoms with E-state index in [1.165, 1.54) is 15.7 Å². The van der Waals surface area contributed by atoms with Crippen LogP contribution in [0.4, 0.5) is 0 Å². The normalized spacial score (nSPS) is 10.5. The van der Waals surface area contributed by atoms with Gasteiger partial charge < -0.3 is 9.88 Å². The highest BCUT2D eigenvalue weighted by Gasteiger charge is 2.07. The van der Waals surface area contributed by atoms with Gasteiger partial charge in [-0.1, -0.05) is 48.5 Å². The van der Waals surface area contributed by atoms with Crippen LogP contribution in [0.25, 0.3) is 11.3 Å². The minimum atomic E-state index is -0.293. The molecule has 1 amide bonds. The number of rotatable bonds is 7. The summed E-state index contributed by atoms with van der Waals surface area (Å²) in [6.07, 6.45) is 2.87. The van der Waals surface area contributed by atoms with Crippen LogP contribution in [-0.2, 0) is 11.3 Å². The third-order valence-corrected chi connectivity index (χ3v) is 4.71. The molecule has 5 nitrogen and oxygen atoms in total. The van der Waals surface area contributed by atoms with Crippen LogP contribution in [0.3, 0.4) is 0 Å². The maximum Gasteiger partial charge on any atom is 0.269 e. The average molecular weight is 365 g/mol. The lowest BCUT2D eigenvalue weighted by molar-refractivity contribution is -0.121. The third kappa shape index (κ3) is 5.07. The highest BCUT2D eigenvalue weighted by molar-refractivity contribution is 7.99. The van der Waals surface area contributed by atoms with Crippen molar-refractivity contribution in [3.05, 3.63) is 83.4 Å². The van der Waals surface area contributed by atoms with Crippen LogP contribution in [-0.4, -0.2) is 27.8 Å². The van der Waals surface area contributed by atoms with Crippen molar-refractivity contribution >= 4 is 17.7 Å². The molecule has 6 heteroatoms. The van der Waals surface area contributed by atoms with Crippen LogP contribution in [0.15, 0.2) is 82.7 Å². The summed E-state index contributed by atoms with van der Waals surface area (Å²) in [5.41, 5.74) is 1.28. The van der Waals surface area contributed by atoms with Crippen LogP contribution >= 0.6 is 11.8 Å². The van der Waals surface area contributed by atoms with E-state index in [0.29, 0.717) is 12.2 Å². The molecule has 0 atom stereocenters. The van der Waals surface area contributed by atoms with Crippen molar-refractivity contribution in [1.29, 1.82) is 0 Å². The Labute approximate surface area is 156 Å². The van der Waals surface area contributed by atoms with Crippen LogP contribution in [0, 0.1) is 0 Å². The van der Waals surface area contributed by atoms with E-state index in [9.17, 15) is 9.59 Å². The topological polar surface area (TPSA) is 64.0 Å². The smallest absolute Gasteiger partial charge is 0.269 e. The van der Waals surface area contributed by atoms with E-state index in [2.05, 4.69) is 10.3 Å². The number of thioether (sulfide) groups is 1. The van der Waals surface area contributed by atoms with E-state index in [1.54, 1.807) is 18.0 Å². The van der Waals surface area contributed by atoms with Gasteiger partial charge in [0.15, 0.2) is 0 Å². The fraction of sp³-hybridized carbons (Fsp3) is 0.150. The molecule has 0 aliphatic heterocycles. The molecule has 3 aromatic rings. The minimum absolute atomic E-state index is 0.0167. The number of carbonyl (C=O) groups excluding carboxylic acids is 1. The van der Waals surface area contributed by atoms with Gasteiger partial charge in [0, 0.05) is 29.0 Å². The summed E-state index contributed by atoms with van der Waals surface area (Å²) in [6, 6.07) is 19.6. The molecule has 0 saturated carbocycles. The number of carbonyl (C=O) groups is 1. The van der Waals surface area contributed by atoms with Gasteiger partial charge in [0.2, 0.25) is 5.91 Å². The van der Waals surface area contributed by atoms with Gasteiger partial charge in [-0.15, -0.1) is 11.8 Å². The predicted octanol–water partition coefficient (Wildman–Crippen LogP) is 2.82. The Balaban J connectivity index is 1.54. The molecular weight excluding hydrogens is 346 g/mol. The third-order valence-electron chi connectivity index (χ3n) is 3.69. The Bertz CT molecular complexity index is 911. The van der Waals surface area contributed by atoms with Crippen LogP contribution < -0.4 is 10.9 Å². The monoisotopic (exact) mass is 365 g/mol. The molecule has 0 aliphatic rings. The molecule has 1 heterocycles. The molecule has 0 saturated heterocycles. The van der Waals surface area contributed by atoms with Gasteiger partial charge in [0.05, 0.1) is 11.9 Å². The van der Waals surface area contributed by atoms with E-state index in [4.69, 9.17) is 0 Å². The lowest BCUT2D eigenvalue weighted by Gasteiger charge is -2.09. The first-order valence-electron chi connectivity index (χ1n) is 8.29. The molecule has 3 rings (SSSR count). The summed E-state index contributed by atoms with van der Waals surface area (Å²) in [7, 11) is 0. The standard InChI is InChI=1S/C20H19N3O2S/c24-19(21-11-12-26-17-9-5-2-6-10-17)15-23-14-18(22-13-20(23)25)16-7-3-1-4-8-16/h1-10,13-14H,11-12,15H2,(H,21,24). The zero-order chi connectivity index (χ0) is 18.2. The number of benzene rings is 2.